The Labute approximate surface area is 138 Å². The minimum absolute atomic E-state index is 0.0329. The lowest BCUT2D eigenvalue weighted by molar-refractivity contribution is -0.0461. The number of morpholine rings is 1. The number of amides is 1. The molecule has 2 atom stereocenters. The molecule has 2 saturated heterocycles. The van der Waals surface area contributed by atoms with E-state index in [1.54, 1.807) is 0 Å². The lowest BCUT2D eigenvalue weighted by atomic mass is 9.90. The molecule has 124 valence electrons. The third-order valence-electron chi connectivity index (χ3n) is 5.56. The topological polar surface area (TPSA) is 41.6 Å². The smallest absolute Gasteiger partial charge is 0.251 e. The summed E-state index contributed by atoms with van der Waals surface area (Å²) in [7, 11) is 0. The molecule has 1 aromatic rings. The molecule has 2 aliphatic heterocycles. The predicted octanol–water partition coefficient (Wildman–Crippen LogP) is 2.16. The van der Waals surface area contributed by atoms with Crippen molar-refractivity contribution in [3.8, 4) is 0 Å². The van der Waals surface area contributed by atoms with E-state index in [0.717, 1.165) is 31.6 Å². The number of carbonyl (C=O) groups is 1. The summed E-state index contributed by atoms with van der Waals surface area (Å²) in [5.41, 5.74) is 3.57. The number of hydrogen-bond acceptors (Lipinski definition) is 3. The van der Waals surface area contributed by atoms with E-state index in [1.807, 2.05) is 6.07 Å². The fourth-order valence-corrected chi connectivity index (χ4v) is 4.19. The predicted molar refractivity (Wildman–Crippen MR) is 89.8 cm³/mol. The number of ether oxygens (including phenoxy) is 1. The van der Waals surface area contributed by atoms with Gasteiger partial charge < -0.3 is 10.1 Å². The maximum atomic E-state index is 12.4. The largest absolute Gasteiger partial charge is 0.373 e. The molecule has 4 nitrogen and oxygen atoms in total. The van der Waals surface area contributed by atoms with E-state index < -0.39 is 0 Å². The highest BCUT2D eigenvalue weighted by molar-refractivity contribution is 5.94. The van der Waals surface area contributed by atoms with Gasteiger partial charge in [0, 0.05) is 24.7 Å². The van der Waals surface area contributed by atoms with Crippen LogP contribution in [-0.4, -0.2) is 49.2 Å². The second-order valence-electron chi connectivity index (χ2n) is 7.15. The lowest BCUT2D eigenvalue weighted by Gasteiger charge is -2.35. The Kier molecular flexibility index (Phi) is 4.36. The van der Waals surface area contributed by atoms with Crippen molar-refractivity contribution < 1.29 is 9.53 Å². The number of fused-ring (bicyclic) bond motifs is 2. The van der Waals surface area contributed by atoms with Crippen LogP contribution in [0.4, 0.5) is 0 Å². The average Bonchev–Trinajstić information content (AvgIpc) is 3.07. The molecule has 4 rings (SSSR count). The Morgan fingerprint density at radius 1 is 1.22 bits per heavy atom. The first-order chi connectivity index (χ1) is 11.3. The summed E-state index contributed by atoms with van der Waals surface area (Å²) >= 11 is 0. The Balaban J connectivity index is 1.33. The van der Waals surface area contributed by atoms with Crippen LogP contribution in [0.25, 0.3) is 0 Å². The van der Waals surface area contributed by atoms with Gasteiger partial charge in [0.1, 0.15) is 0 Å². The molecule has 2 unspecified atom stereocenters. The SMILES string of the molecule is O=C(NCC1CN2CCCC2CO1)c1ccc2c(c1)CCCC2. The molecule has 0 saturated carbocycles. The zero-order chi connectivity index (χ0) is 15.6. The number of rotatable bonds is 3. The molecule has 3 aliphatic rings. The second kappa shape index (κ2) is 6.62. The number of aryl methyl sites for hydroxylation is 2. The summed E-state index contributed by atoms with van der Waals surface area (Å²) in [5.74, 6) is 0.0329. The first-order valence-corrected chi connectivity index (χ1v) is 9.05. The van der Waals surface area contributed by atoms with Gasteiger partial charge in [-0.3, -0.25) is 9.69 Å². The summed E-state index contributed by atoms with van der Waals surface area (Å²) in [5, 5.41) is 3.06. The molecule has 0 radical (unpaired) electrons. The van der Waals surface area contributed by atoms with Gasteiger partial charge in [-0.25, -0.2) is 0 Å². The van der Waals surface area contributed by atoms with Gasteiger partial charge in [0.2, 0.25) is 0 Å². The molecule has 23 heavy (non-hydrogen) atoms. The molecule has 1 amide bonds. The first-order valence-electron chi connectivity index (χ1n) is 9.05. The highest BCUT2D eigenvalue weighted by Gasteiger charge is 2.32. The van der Waals surface area contributed by atoms with Crippen LogP contribution in [0.2, 0.25) is 0 Å². The zero-order valence-corrected chi connectivity index (χ0v) is 13.7. The monoisotopic (exact) mass is 314 g/mol. The van der Waals surface area contributed by atoms with E-state index in [0.29, 0.717) is 12.6 Å². The quantitative estimate of drug-likeness (QED) is 0.929. The molecule has 2 fully saturated rings. The van der Waals surface area contributed by atoms with Crippen LogP contribution in [0.15, 0.2) is 18.2 Å². The third kappa shape index (κ3) is 3.29. The molecule has 1 aliphatic carbocycles. The molecule has 1 N–H and O–H groups in total. The van der Waals surface area contributed by atoms with E-state index in [4.69, 9.17) is 4.74 Å². The van der Waals surface area contributed by atoms with Crippen molar-refractivity contribution in [1.29, 1.82) is 0 Å². The van der Waals surface area contributed by atoms with Crippen molar-refractivity contribution in [2.45, 2.75) is 50.7 Å². The normalized spacial score (nSPS) is 27.3. The molecule has 0 bridgehead atoms. The number of benzene rings is 1. The molecular formula is C19H26N2O2. The minimum Gasteiger partial charge on any atom is -0.373 e. The fourth-order valence-electron chi connectivity index (χ4n) is 4.19. The summed E-state index contributed by atoms with van der Waals surface area (Å²) in [4.78, 5) is 14.9. The van der Waals surface area contributed by atoms with Crippen LogP contribution in [0.1, 0.15) is 47.2 Å². The van der Waals surface area contributed by atoms with Crippen LogP contribution in [-0.2, 0) is 17.6 Å². The van der Waals surface area contributed by atoms with Crippen molar-refractivity contribution in [3.63, 3.8) is 0 Å². The number of hydrogen-bond donors (Lipinski definition) is 1. The Morgan fingerprint density at radius 2 is 2.09 bits per heavy atom. The van der Waals surface area contributed by atoms with Gasteiger partial charge in [-0.15, -0.1) is 0 Å². The summed E-state index contributed by atoms with van der Waals surface area (Å²) in [6.07, 6.45) is 7.45. The molecule has 2 heterocycles. The van der Waals surface area contributed by atoms with Gasteiger partial charge in [-0.1, -0.05) is 6.07 Å². The molecular weight excluding hydrogens is 288 g/mol. The Hall–Kier alpha value is -1.39. The molecule has 0 aromatic heterocycles. The van der Waals surface area contributed by atoms with Crippen LogP contribution in [0.5, 0.6) is 0 Å². The minimum atomic E-state index is 0.0329. The van der Waals surface area contributed by atoms with Crippen LogP contribution < -0.4 is 5.32 Å². The maximum Gasteiger partial charge on any atom is 0.251 e. The fraction of sp³-hybridized carbons (Fsp3) is 0.632. The van der Waals surface area contributed by atoms with Crippen molar-refractivity contribution in [3.05, 3.63) is 34.9 Å². The van der Waals surface area contributed by atoms with Gasteiger partial charge in [-0.05, 0) is 68.3 Å². The lowest BCUT2D eigenvalue weighted by Crippen LogP contribution is -2.50. The summed E-state index contributed by atoms with van der Waals surface area (Å²) < 4.78 is 5.91. The highest BCUT2D eigenvalue weighted by Crippen LogP contribution is 2.23. The standard InChI is InChI=1S/C19H26N2O2/c22-19(16-8-7-14-4-1-2-5-15(14)10-16)20-11-18-12-21-9-3-6-17(21)13-23-18/h7-8,10,17-18H,1-6,9,11-13H2,(H,20,22). The number of carbonyl (C=O) groups excluding carboxylic acids is 1. The van der Waals surface area contributed by atoms with Gasteiger partial charge in [0.15, 0.2) is 0 Å². The number of nitrogens with zero attached hydrogens (tertiary/aromatic N) is 1. The zero-order valence-electron chi connectivity index (χ0n) is 13.7. The van der Waals surface area contributed by atoms with Crippen molar-refractivity contribution in [2.75, 3.05) is 26.2 Å². The third-order valence-corrected chi connectivity index (χ3v) is 5.56. The van der Waals surface area contributed by atoms with Crippen LogP contribution in [0.3, 0.4) is 0 Å². The van der Waals surface area contributed by atoms with Gasteiger partial charge in [0.05, 0.1) is 12.7 Å². The van der Waals surface area contributed by atoms with Gasteiger partial charge in [-0.2, -0.15) is 0 Å². The summed E-state index contributed by atoms with van der Waals surface area (Å²) in [6, 6.07) is 6.80. The molecule has 1 aromatic carbocycles. The number of nitrogens with one attached hydrogen (secondary N) is 1. The maximum absolute atomic E-state index is 12.4. The highest BCUT2D eigenvalue weighted by atomic mass is 16.5. The van der Waals surface area contributed by atoms with Gasteiger partial charge in [0.25, 0.3) is 5.91 Å². The van der Waals surface area contributed by atoms with Crippen molar-refractivity contribution >= 4 is 5.91 Å². The van der Waals surface area contributed by atoms with Gasteiger partial charge >= 0.3 is 0 Å². The van der Waals surface area contributed by atoms with Crippen LogP contribution >= 0.6 is 0 Å². The van der Waals surface area contributed by atoms with Crippen molar-refractivity contribution in [2.24, 2.45) is 0 Å². The molecule has 4 heteroatoms. The average molecular weight is 314 g/mol. The Morgan fingerprint density at radius 3 is 3.00 bits per heavy atom. The van der Waals surface area contributed by atoms with E-state index in [2.05, 4.69) is 22.3 Å². The second-order valence-corrected chi connectivity index (χ2v) is 7.15. The van der Waals surface area contributed by atoms with E-state index in [9.17, 15) is 4.79 Å². The Bertz CT molecular complexity index is 587. The van der Waals surface area contributed by atoms with Crippen molar-refractivity contribution in [1.82, 2.24) is 10.2 Å². The first kappa shape index (κ1) is 15.2. The van der Waals surface area contributed by atoms with E-state index in [-0.39, 0.29) is 12.0 Å². The van der Waals surface area contributed by atoms with E-state index in [1.165, 1.54) is 43.4 Å². The summed E-state index contributed by atoms with van der Waals surface area (Å²) in [6.45, 7) is 3.57. The molecule has 0 spiro atoms. The van der Waals surface area contributed by atoms with E-state index >= 15 is 0 Å². The van der Waals surface area contributed by atoms with Crippen LogP contribution in [0, 0.1) is 0 Å².